The summed E-state index contributed by atoms with van der Waals surface area (Å²) < 4.78 is 1.17. The van der Waals surface area contributed by atoms with Gasteiger partial charge in [0, 0.05) is 9.28 Å². The van der Waals surface area contributed by atoms with Crippen LogP contribution in [-0.2, 0) is 0 Å². The van der Waals surface area contributed by atoms with Crippen molar-refractivity contribution in [2.45, 2.75) is 25.9 Å². The van der Waals surface area contributed by atoms with E-state index in [0.717, 1.165) is 5.56 Å². The number of halogens is 1. The Balaban J connectivity index is 2.56. The molecule has 0 bridgehead atoms. The van der Waals surface area contributed by atoms with Gasteiger partial charge in [0.1, 0.15) is 0 Å². The summed E-state index contributed by atoms with van der Waals surface area (Å²) in [5.74, 6) is 0. The number of aliphatic hydroxyl groups excluding tert-OH is 1. The smallest absolute Gasteiger partial charge is 0.0793 e. The van der Waals surface area contributed by atoms with Crippen molar-refractivity contribution in [2.24, 2.45) is 0 Å². The molecule has 1 atom stereocenters. The van der Waals surface area contributed by atoms with Gasteiger partial charge < -0.3 is 10.5 Å². The van der Waals surface area contributed by atoms with Crippen LogP contribution >= 0.6 is 22.6 Å². The Labute approximate surface area is 98.0 Å². The van der Waals surface area contributed by atoms with E-state index in [1.807, 2.05) is 24.3 Å². The second-order valence-electron chi connectivity index (χ2n) is 3.39. The Morgan fingerprint density at radius 2 is 2.00 bits per heavy atom. The second-order valence-corrected chi connectivity index (χ2v) is 4.63. The molecule has 1 rings (SSSR count). The van der Waals surface area contributed by atoms with Crippen molar-refractivity contribution < 1.29 is 5.11 Å². The minimum Gasteiger partial charge on any atom is -0.388 e. The van der Waals surface area contributed by atoms with E-state index in [-0.39, 0.29) is 0 Å². The Morgan fingerprint density at radius 3 is 2.50 bits per heavy atom. The van der Waals surface area contributed by atoms with Crippen LogP contribution in [0.2, 0.25) is 0 Å². The van der Waals surface area contributed by atoms with Crippen LogP contribution < -0.4 is 0 Å². The molecule has 1 aromatic rings. The molecule has 0 aliphatic carbocycles. The third-order valence-corrected chi connectivity index (χ3v) is 2.77. The summed E-state index contributed by atoms with van der Waals surface area (Å²) in [6.45, 7) is 1.76. The van der Waals surface area contributed by atoms with E-state index in [9.17, 15) is 5.11 Å². The molecule has 0 spiro atoms. The molecule has 1 aromatic carbocycles. The largest absolute Gasteiger partial charge is 0.388 e. The van der Waals surface area contributed by atoms with Crippen LogP contribution in [0.1, 0.15) is 31.4 Å². The second kappa shape index (κ2) is 5.46. The van der Waals surface area contributed by atoms with Gasteiger partial charge in [-0.1, -0.05) is 12.1 Å². The normalized spacial score (nSPS) is 12.5. The first-order valence-electron chi connectivity index (χ1n) is 4.57. The zero-order chi connectivity index (χ0) is 10.6. The monoisotopic (exact) mass is 307 g/mol. The predicted molar refractivity (Wildman–Crippen MR) is 66.8 cm³/mol. The Kier molecular flexibility index (Phi) is 4.54. The standard InChI is InChI=1S/C11H14INO/c1-8(13)2-7-11(14)9-3-5-10(12)6-4-9/h3-6,11,13-14H,2,7H2,1H3/t11-/m0/s1/i12+4. The molecule has 2 N–H and O–H groups in total. The lowest BCUT2D eigenvalue weighted by Crippen LogP contribution is -2.00. The number of hydrogen-bond donors (Lipinski definition) is 2. The van der Waals surface area contributed by atoms with E-state index < -0.39 is 6.10 Å². The molecule has 76 valence electrons. The van der Waals surface area contributed by atoms with Crippen LogP contribution in [0, 0.1) is 8.98 Å². The van der Waals surface area contributed by atoms with E-state index in [4.69, 9.17) is 5.41 Å². The van der Waals surface area contributed by atoms with Gasteiger partial charge in [0.15, 0.2) is 0 Å². The van der Waals surface area contributed by atoms with Crippen LogP contribution in [0.15, 0.2) is 24.3 Å². The van der Waals surface area contributed by atoms with Crippen LogP contribution in [0.5, 0.6) is 0 Å². The summed E-state index contributed by atoms with van der Waals surface area (Å²) in [5.41, 5.74) is 1.56. The number of nitrogens with one attached hydrogen (secondary N) is 1. The van der Waals surface area contributed by atoms with Gasteiger partial charge in [-0.25, -0.2) is 0 Å². The van der Waals surface area contributed by atoms with Crippen LogP contribution in [0.3, 0.4) is 0 Å². The van der Waals surface area contributed by atoms with Crippen molar-refractivity contribution in [1.29, 1.82) is 5.41 Å². The first kappa shape index (κ1) is 11.7. The number of benzene rings is 1. The highest BCUT2D eigenvalue weighted by Gasteiger charge is 2.06. The minimum atomic E-state index is -0.438. The topological polar surface area (TPSA) is 44.1 Å². The van der Waals surface area contributed by atoms with Crippen LogP contribution in [0.4, 0.5) is 0 Å². The maximum absolute atomic E-state index is 9.76. The number of rotatable bonds is 4. The fraction of sp³-hybridized carbons (Fsp3) is 0.364. The summed E-state index contributed by atoms with van der Waals surface area (Å²) in [5, 5.41) is 17.0. The average Bonchev–Trinajstić information content (AvgIpc) is 2.15. The molecule has 0 aromatic heterocycles. The lowest BCUT2D eigenvalue weighted by atomic mass is 10.0. The Morgan fingerprint density at radius 1 is 1.43 bits per heavy atom. The van der Waals surface area contributed by atoms with Gasteiger partial charge in [-0.3, -0.25) is 0 Å². The lowest BCUT2D eigenvalue weighted by Gasteiger charge is -2.10. The van der Waals surface area contributed by atoms with Crippen molar-refractivity contribution in [3.05, 3.63) is 33.4 Å². The minimum absolute atomic E-state index is 0.438. The van der Waals surface area contributed by atoms with Crippen LogP contribution in [-0.4, -0.2) is 10.8 Å². The summed E-state index contributed by atoms with van der Waals surface area (Å²) in [7, 11) is 0. The van der Waals surface area contributed by atoms with Crippen molar-refractivity contribution in [2.75, 3.05) is 0 Å². The van der Waals surface area contributed by atoms with Crippen molar-refractivity contribution in [1.82, 2.24) is 0 Å². The Hall–Kier alpha value is -0.420. The van der Waals surface area contributed by atoms with Gasteiger partial charge in [-0.05, 0) is 60.1 Å². The molecule has 3 heteroatoms. The number of hydrogen-bond acceptors (Lipinski definition) is 2. The van der Waals surface area contributed by atoms with Gasteiger partial charge in [-0.2, -0.15) is 0 Å². The molecule has 0 aliphatic heterocycles. The van der Waals surface area contributed by atoms with Gasteiger partial charge in [-0.15, -0.1) is 0 Å². The highest BCUT2D eigenvalue weighted by atomic mass is 131. The molecule has 0 aliphatic rings. The molecule has 0 saturated heterocycles. The van der Waals surface area contributed by atoms with E-state index in [2.05, 4.69) is 22.6 Å². The van der Waals surface area contributed by atoms with Gasteiger partial charge in [0.25, 0.3) is 0 Å². The fourth-order valence-corrected chi connectivity index (χ4v) is 1.56. The molecule has 2 nitrogen and oxygen atoms in total. The van der Waals surface area contributed by atoms with E-state index >= 15 is 0 Å². The molecular weight excluding hydrogens is 293 g/mol. The fourth-order valence-electron chi connectivity index (χ4n) is 1.20. The predicted octanol–water partition coefficient (Wildman–Crippen LogP) is 3.14. The summed E-state index contributed by atoms with van der Waals surface area (Å²) >= 11 is 2.24. The molecule has 0 radical (unpaired) electrons. The van der Waals surface area contributed by atoms with Gasteiger partial charge in [0.05, 0.1) is 6.10 Å². The summed E-state index contributed by atoms with van der Waals surface area (Å²) in [6.07, 6.45) is 0.857. The van der Waals surface area contributed by atoms with Crippen molar-refractivity contribution in [3.63, 3.8) is 0 Å². The number of aliphatic hydroxyl groups is 1. The summed E-state index contributed by atoms with van der Waals surface area (Å²) in [4.78, 5) is 0. The molecular formula is C11H14INO. The third kappa shape index (κ3) is 3.75. The molecule has 0 fully saturated rings. The molecule has 0 unspecified atom stereocenters. The SMILES string of the molecule is CC(=N)CC[C@H](O)c1ccc([131I])cc1. The van der Waals surface area contributed by atoms with Crippen molar-refractivity contribution >= 4 is 28.3 Å². The first-order valence-corrected chi connectivity index (χ1v) is 5.65. The zero-order valence-corrected chi connectivity index (χ0v) is 10.3. The molecule has 0 heterocycles. The van der Waals surface area contributed by atoms with Crippen LogP contribution in [0.25, 0.3) is 0 Å². The molecule has 0 amide bonds. The lowest BCUT2D eigenvalue weighted by molar-refractivity contribution is 0.170. The highest BCUT2D eigenvalue weighted by Crippen LogP contribution is 2.19. The van der Waals surface area contributed by atoms with Crippen molar-refractivity contribution in [3.8, 4) is 0 Å². The third-order valence-electron chi connectivity index (χ3n) is 2.05. The molecule has 14 heavy (non-hydrogen) atoms. The van der Waals surface area contributed by atoms with E-state index in [0.29, 0.717) is 18.6 Å². The quantitative estimate of drug-likeness (QED) is 0.651. The van der Waals surface area contributed by atoms with Gasteiger partial charge >= 0.3 is 0 Å². The van der Waals surface area contributed by atoms with E-state index in [1.165, 1.54) is 3.57 Å². The zero-order valence-electron chi connectivity index (χ0n) is 8.13. The summed E-state index contributed by atoms with van der Waals surface area (Å²) in [6, 6.07) is 7.84. The van der Waals surface area contributed by atoms with E-state index in [1.54, 1.807) is 6.92 Å². The first-order chi connectivity index (χ1) is 6.59. The average molecular weight is 307 g/mol. The van der Waals surface area contributed by atoms with Gasteiger partial charge in [0.2, 0.25) is 0 Å². The Bertz CT molecular complexity index is 308. The highest BCUT2D eigenvalue weighted by molar-refractivity contribution is 14.1. The maximum atomic E-state index is 9.76. The maximum Gasteiger partial charge on any atom is 0.0793 e. The molecule has 0 saturated carbocycles.